The van der Waals surface area contributed by atoms with Gasteiger partial charge in [-0.05, 0) is 12.3 Å². The van der Waals surface area contributed by atoms with Crippen molar-refractivity contribution in [2.45, 2.75) is 13.3 Å². The van der Waals surface area contributed by atoms with E-state index in [1.807, 2.05) is 18.4 Å². The molecule has 1 aliphatic rings. The summed E-state index contributed by atoms with van der Waals surface area (Å²) >= 11 is 1.34. The first-order chi connectivity index (χ1) is 7.11. The molecule has 1 aliphatic heterocycles. The second-order valence-corrected chi connectivity index (χ2v) is 3.84. The van der Waals surface area contributed by atoms with Crippen molar-refractivity contribution >= 4 is 17.5 Å². The first kappa shape index (κ1) is 11.4. The third-order valence-electron chi connectivity index (χ3n) is 2.02. The van der Waals surface area contributed by atoms with Gasteiger partial charge in [-0.3, -0.25) is 4.79 Å². The zero-order chi connectivity index (χ0) is 11.4. The monoisotopic (exact) mass is 219 g/mol. The Hall–Kier alpha value is -1.72. The lowest BCUT2D eigenvalue weighted by molar-refractivity contribution is -0.114. The first-order valence-electron chi connectivity index (χ1n) is 4.23. The van der Waals surface area contributed by atoms with Gasteiger partial charge < -0.3 is 4.90 Å². The van der Waals surface area contributed by atoms with Gasteiger partial charge in [-0.1, -0.05) is 11.8 Å². The molecule has 0 bridgehead atoms. The molecule has 76 valence electrons. The van der Waals surface area contributed by atoms with Gasteiger partial charge in [-0.15, -0.1) is 0 Å². The number of nitrogens with zero attached hydrogens (tertiary/aromatic N) is 3. The van der Waals surface area contributed by atoms with Crippen LogP contribution in [0.25, 0.3) is 0 Å². The van der Waals surface area contributed by atoms with Crippen molar-refractivity contribution in [1.82, 2.24) is 4.90 Å². The van der Waals surface area contributed by atoms with Crippen LogP contribution < -0.4 is 0 Å². The van der Waals surface area contributed by atoms with Gasteiger partial charge in [0.25, 0.3) is 0 Å². The van der Waals surface area contributed by atoms with Crippen molar-refractivity contribution in [3.8, 4) is 12.1 Å². The largest absolute Gasteiger partial charge is 0.341 e. The van der Waals surface area contributed by atoms with Crippen LogP contribution in [0.1, 0.15) is 13.3 Å². The molecule has 0 amide bonds. The summed E-state index contributed by atoms with van der Waals surface area (Å²) < 4.78 is 0. The third kappa shape index (κ3) is 2.20. The summed E-state index contributed by atoms with van der Waals surface area (Å²) in [4.78, 5) is 13.2. The summed E-state index contributed by atoms with van der Waals surface area (Å²) in [5, 5.41) is 19.8. The maximum atomic E-state index is 11.4. The van der Waals surface area contributed by atoms with Crippen molar-refractivity contribution in [1.29, 1.82) is 10.5 Å². The second-order valence-electron chi connectivity index (χ2n) is 2.99. The zero-order valence-electron chi connectivity index (χ0n) is 8.44. The van der Waals surface area contributed by atoms with E-state index >= 15 is 0 Å². The summed E-state index contributed by atoms with van der Waals surface area (Å²) in [6, 6.07) is 3.61. The van der Waals surface area contributed by atoms with Crippen molar-refractivity contribution in [3.05, 3.63) is 21.7 Å². The Morgan fingerprint density at radius 2 is 2.27 bits per heavy atom. The Bertz CT molecular complexity index is 437. The third-order valence-corrected chi connectivity index (χ3v) is 3.18. The summed E-state index contributed by atoms with van der Waals surface area (Å²) in [5.41, 5.74) is 1.05. The number of carbonyl (C=O) groups excluding carboxylic acids is 1. The highest BCUT2D eigenvalue weighted by Gasteiger charge is 2.22. The fourth-order valence-corrected chi connectivity index (χ4v) is 2.10. The minimum Gasteiger partial charge on any atom is -0.341 e. The number of hydrogen-bond donors (Lipinski definition) is 0. The molecule has 0 N–H and O–H groups in total. The van der Waals surface area contributed by atoms with Gasteiger partial charge in [0.15, 0.2) is 5.78 Å². The molecule has 0 unspecified atom stereocenters. The van der Waals surface area contributed by atoms with Crippen LogP contribution in [0.4, 0.5) is 0 Å². The molecular formula is C10H9N3OS. The van der Waals surface area contributed by atoms with Gasteiger partial charge >= 0.3 is 0 Å². The standard InChI is InChI=1S/C10H9N3OS/c1-7-6-15-10(13(7)2)8(5-12)9(14)3-4-11/h6H,3H2,1-2H3/b10-8+. The lowest BCUT2D eigenvalue weighted by atomic mass is 10.1. The lowest BCUT2D eigenvalue weighted by Gasteiger charge is -2.15. The topological polar surface area (TPSA) is 67.9 Å². The van der Waals surface area contributed by atoms with Gasteiger partial charge in [0.2, 0.25) is 0 Å². The van der Waals surface area contributed by atoms with Crippen molar-refractivity contribution < 1.29 is 4.79 Å². The Labute approximate surface area is 92.5 Å². The predicted molar refractivity (Wildman–Crippen MR) is 57.0 cm³/mol. The molecule has 0 fully saturated rings. The molecule has 0 aromatic heterocycles. The number of ketones is 1. The minimum atomic E-state index is -0.419. The van der Waals surface area contributed by atoms with E-state index in [9.17, 15) is 4.79 Å². The second kappa shape index (κ2) is 4.68. The van der Waals surface area contributed by atoms with Crippen LogP contribution in [0, 0.1) is 22.7 Å². The number of rotatable bonds is 2. The Morgan fingerprint density at radius 3 is 2.67 bits per heavy atom. The number of hydrogen-bond acceptors (Lipinski definition) is 5. The molecule has 15 heavy (non-hydrogen) atoms. The van der Waals surface area contributed by atoms with E-state index in [2.05, 4.69) is 0 Å². The molecule has 1 heterocycles. The zero-order valence-corrected chi connectivity index (χ0v) is 9.26. The highest BCUT2D eigenvalue weighted by molar-refractivity contribution is 8.06. The van der Waals surface area contributed by atoms with E-state index < -0.39 is 5.78 Å². The van der Waals surface area contributed by atoms with E-state index in [0.717, 1.165) is 5.70 Å². The molecule has 0 atom stereocenters. The lowest BCUT2D eigenvalue weighted by Crippen LogP contribution is -2.14. The summed E-state index contributed by atoms with van der Waals surface area (Å²) in [5.74, 6) is -0.419. The SMILES string of the molecule is CC1=CS/C(=C(\C#N)C(=O)CC#N)N1C. The molecule has 0 aromatic rings. The molecule has 0 saturated heterocycles. The summed E-state index contributed by atoms with van der Waals surface area (Å²) in [6.45, 7) is 1.89. The van der Waals surface area contributed by atoms with Crippen LogP contribution in [0.3, 0.4) is 0 Å². The quantitative estimate of drug-likeness (QED) is 0.522. The number of nitriles is 2. The van der Waals surface area contributed by atoms with Gasteiger partial charge in [-0.25, -0.2) is 0 Å². The summed E-state index contributed by atoms with van der Waals surface area (Å²) in [6.07, 6.45) is -0.250. The molecule has 4 nitrogen and oxygen atoms in total. The smallest absolute Gasteiger partial charge is 0.190 e. The maximum Gasteiger partial charge on any atom is 0.190 e. The molecule has 0 saturated carbocycles. The van der Waals surface area contributed by atoms with Crippen LogP contribution in [0.5, 0.6) is 0 Å². The van der Waals surface area contributed by atoms with E-state index in [4.69, 9.17) is 10.5 Å². The van der Waals surface area contributed by atoms with E-state index in [0.29, 0.717) is 5.03 Å². The van der Waals surface area contributed by atoms with E-state index in [-0.39, 0.29) is 12.0 Å². The number of thioether (sulfide) groups is 1. The fourth-order valence-electron chi connectivity index (χ4n) is 1.08. The van der Waals surface area contributed by atoms with Crippen LogP contribution in [-0.2, 0) is 4.79 Å². The highest BCUT2D eigenvalue weighted by atomic mass is 32.2. The van der Waals surface area contributed by atoms with Crippen LogP contribution in [-0.4, -0.2) is 17.7 Å². The molecule has 1 rings (SSSR count). The molecular weight excluding hydrogens is 210 g/mol. The normalized spacial score (nSPS) is 17.9. The van der Waals surface area contributed by atoms with Crippen LogP contribution >= 0.6 is 11.8 Å². The van der Waals surface area contributed by atoms with E-state index in [1.165, 1.54) is 11.8 Å². The van der Waals surface area contributed by atoms with Crippen molar-refractivity contribution in [2.75, 3.05) is 7.05 Å². The van der Waals surface area contributed by atoms with E-state index in [1.54, 1.807) is 18.0 Å². The average molecular weight is 219 g/mol. The number of allylic oxidation sites excluding steroid dienone is 2. The number of Topliss-reactive ketones (excluding diaryl/α,β-unsaturated/α-hetero) is 1. The molecule has 0 radical (unpaired) electrons. The van der Waals surface area contributed by atoms with Gasteiger partial charge in [0.05, 0.1) is 12.5 Å². The summed E-state index contributed by atoms with van der Waals surface area (Å²) in [7, 11) is 1.79. The Balaban J connectivity index is 3.04. The minimum absolute atomic E-state index is 0.0668. The highest BCUT2D eigenvalue weighted by Crippen LogP contribution is 2.35. The van der Waals surface area contributed by atoms with Crippen LogP contribution in [0.2, 0.25) is 0 Å². The molecule has 0 aliphatic carbocycles. The van der Waals surface area contributed by atoms with Crippen LogP contribution in [0.15, 0.2) is 21.7 Å². The molecule has 0 spiro atoms. The number of carbonyl (C=O) groups is 1. The van der Waals surface area contributed by atoms with Crippen molar-refractivity contribution in [2.24, 2.45) is 0 Å². The Morgan fingerprint density at radius 1 is 1.60 bits per heavy atom. The maximum absolute atomic E-state index is 11.4. The predicted octanol–water partition coefficient (Wildman–Crippen LogP) is 1.74. The molecule has 0 aromatic carbocycles. The molecule has 5 heteroatoms. The average Bonchev–Trinajstić information content (AvgIpc) is 2.51. The van der Waals surface area contributed by atoms with Gasteiger partial charge in [0, 0.05) is 12.7 Å². The van der Waals surface area contributed by atoms with Gasteiger partial charge in [-0.2, -0.15) is 10.5 Å². The van der Waals surface area contributed by atoms with Crippen molar-refractivity contribution in [3.63, 3.8) is 0 Å². The first-order valence-corrected chi connectivity index (χ1v) is 5.11. The fraction of sp³-hybridized carbons (Fsp3) is 0.300. The Kier molecular flexibility index (Phi) is 3.54. The van der Waals surface area contributed by atoms with Gasteiger partial charge in [0.1, 0.15) is 16.7 Å².